The Morgan fingerprint density at radius 1 is 1.29 bits per heavy atom. The molecule has 1 nitrogen and oxygen atoms in total. The molecule has 0 radical (unpaired) electrons. The molecular weight excluding hydrogens is 172 g/mol. The molecule has 0 N–H and O–H groups in total. The van der Waals surface area contributed by atoms with E-state index in [1.54, 1.807) is 7.11 Å². The van der Waals surface area contributed by atoms with Gasteiger partial charge in [-0.05, 0) is 36.0 Å². The van der Waals surface area contributed by atoms with Gasteiger partial charge in [0, 0.05) is 0 Å². The predicted molar refractivity (Wildman–Crippen MR) is 58.8 cm³/mol. The molecule has 1 heteroatoms. The molecule has 0 saturated heterocycles. The van der Waals surface area contributed by atoms with Crippen LogP contribution >= 0.6 is 0 Å². The molecule has 2 rings (SSSR count). The van der Waals surface area contributed by atoms with E-state index < -0.39 is 0 Å². The predicted octanol–water partition coefficient (Wildman–Crippen LogP) is 3.60. The van der Waals surface area contributed by atoms with E-state index in [1.807, 2.05) is 6.07 Å². The maximum atomic E-state index is 5.25. The maximum absolute atomic E-state index is 5.25. The zero-order chi connectivity index (χ0) is 9.97. The van der Waals surface area contributed by atoms with Crippen LogP contribution in [0.3, 0.4) is 0 Å². The summed E-state index contributed by atoms with van der Waals surface area (Å²) in [6.45, 7) is 2.36. The van der Waals surface area contributed by atoms with Crippen molar-refractivity contribution in [3.05, 3.63) is 29.8 Å². The Bertz CT molecular complexity index is 306. The SMILES string of the molecule is COc1cccc([C@H]2CCC[C@@H]2C)c1. The summed E-state index contributed by atoms with van der Waals surface area (Å²) in [6, 6.07) is 8.53. The Balaban J connectivity index is 2.22. The third kappa shape index (κ3) is 1.77. The van der Waals surface area contributed by atoms with Crippen LogP contribution in [0.25, 0.3) is 0 Å². The van der Waals surface area contributed by atoms with Crippen LogP contribution in [-0.4, -0.2) is 7.11 Å². The Hall–Kier alpha value is -0.980. The summed E-state index contributed by atoms with van der Waals surface area (Å²) in [4.78, 5) is 0. The fraction of sp³-hybridized carbons (Fsp3) is 0.538. The smallest absolute Gasteiger partial charge is 0.119 e. The summed E-state index contributed by atoms with van der Waals surface area (Å²) in [5.74, 6) is 2.58. The van der Waals surface area contributed by atoms with Gasteiger partial charge in [-0.1, -0.05) is 31.9 Å². The van der Waals surface area contributed by atoms with Gasteiger partial charge in [0.2, 0.25) is 0 Å². The summed E-state index contributed by atoms with van der Waals surface area (Å²) >= 11 is 0. The van der Waals surface area contributed by atoms with Crippen molar-refractivity contribution in [3.63, 3.8) is 0 Å². The van der Waals surface area contributed by atoms with Crippen LogP contribution in [0.1, 0.15) is 37.7 Å². The topological polar surface area (TPSA) is 9.23 Å². The lowest BCUT2D eigenvalue weighted by Gasteiger charge is -2.16. The number of methoxy groups -OCH3 is 1. The molecule has 1 saturated carbocycles. The van der Waals surface area contributed by atoms with E-state index in [-0.39, 0.29) is 0 Å². The van der Waals surface area contributed by atoms with Crippen LogP contribution in [0.4, 0.5) is 0 Å². The average Bonchev–Trinajstić information content (AvgIpc) is 2.65. The maximum Gasteiger partial charge on any atom is 0.119 e. The lowest BCUT2D eigenvalue weighted by atomic mass is 9.90. The van der Waals surface area contributed by atoms with Gasteiger partial charge in [-0.2, -0.15) is 0 Å². The summed E-state index contributed by atoms with van der Waals surface area (Å²) < 4.78 is 5.25. The van der Waals surface area contributed by atoms with Gasteiger partial charge < -0.3 is 4.74 Å². The second-order valence-electron chi connectivity index (χ2n) is 4.29. The van der Waals surface area contributed by atoms with Crippen LogP contribution in [0.15, 0.2) is 24.3 Å². The van der Waals surface area contributed by atoms with Crippen molar-refractivity contribution >= 4 is 0 Å². The quantitative estimate of drug-likeness (QED) is 0.692. The second kappa shape index (κ2) is 4.04. The molecule has 0 aromatic heterocycles. The van der Waals surface area contributed by atoms with Gasteiger partial charge in [0.1, 0.15) is 5.75 Å². The first kappa shape index (κ1) is 9.57. The fourth-order valence-corrected chi connectivity index (χ4v) is 2.51. The first-order chi connectivity index (χ1) is 6.81. The second-order valence-corrected chi connectivity index (χ2v) is 4.29. The molecule has 0 bridgehead atoms. The van der Waals surface area contributed by atoms with Crippen molar-refractivity contribution in [2.24, 2.45) is 5.92 Å². The molecular formula is C13H18O. The van der Waals surface area contributed by atoms with E-state index >= 15 is 0 Å². The molecule has 0 unspecified atom stereocenters. The molecule has 0 heterocycles. The number of benzene rings is 1. The molecule has 2 atom stereocenters. The number of ether oxygens (including phenoxy) is 1. The van der Waals surface area contributed by atoms with E-state index in [0.717, 1.165) is 17.6 Å². The minimum absolute atomic E-state index is 0.755. The van der Waals surface area contributed by atoms with E-state index in [2.05, 4.69) is 25.1 Å². The Morgan fingerprint density at radius 2 is 2.14 bits per heavy atom. The van der Waals surface area contributed by atoms with Gasteiger partial charge in [-0.25, -0.2) is 0 Å². The highest BCUT2D eigenvalue weighted by molar-refractivity contribution is 5.31. The Kier molecular flexibility index (Phi) is 2.76. The van der Waals surface area contributed by atoms with Gasteiger partial charge in [-0.3, -0.25) is 0 Å². The molecule has 1 aromatic carbocycles. The van der Waals surface area contributed by atoms with Crippen LogP contribution in [0, 0.1) is 5.92 Å². The number of hydrogen-bond acceptors (Lipinski definition) is 1. The van der Waals surface area contributed by atoms with Crippen LogP contribution in [-0.2, 0) is 0 Å². The third-order valence-corrected chi connectivity index (χ3v) is 3.38. The van der Waals surface area contributed by atoms with Crippen molar-refractivity contribution in [2.45, 2.75) is 32.1 Å². The van der Waals surface area contributed by atoms with E-state index in [1.165, 1.54) is 24.8 Å². The fourth-order valence-electron chi connectivity index (χ4n) is 2.51. The van der Waals surface area contributed by atoms with Crippen LogP contribution in [0.2, 0.25) is 0 Å². The van der Waals surface area contributed by atoms with Crippen molar-refractivity contribution in [1.29, 1.82) is 0 Å². The molecule has 0 spiro atoms. The summed E-state index contributed by atoms with van der Waals surface area (Å²) in [5.41, 5.74) is 1.45. The molecule has 76 valence electrons. The van der Waals surface area contributed by atoms with E-state index in [4.69, 9.17) is 4.74 Å². The van der Waals surface area contributed by atoms with Gasteiger partial charge in [-0.15, -0.1) is 0 Å². The third-order valence-electron chi connectivity index (χ3n) is 3.38. The van der Waals surface area contributed by atoms with Crippen molar-refractivity contribution in [1.82, 2.24) is 0 Å². The minimum atomic E-state index is 0.755. The highest BCUT2D eigenvalue weighted by Gasteiger charge is 2.24. The first-order valence-corrected chi connectivity index (χ1v) is 5.45. The van der Waals surface area contributed by atoms with Crippen molar-refractivity contribution in [3.8, 4) is 5.75 Å². The highest BCUT2D eigenvalue weighted by atomic mass is 16.5. The summed E-state index contributed by atoms with van der Waals surface area (Å²) in [7, 11) is 1.73. The molecule has 1 aliphatic rings. The zero-order valence-corrected chi connectivity index (χ0v) is 8.99. The molecule has 1 aliphatic carbocycles. The summed E-state index contributed by atoms with van der Waals surface area (Å²) in [5, 5.41) is 0. The van der Waals surface area contributed by atoms with Crippen molar-refractivity contribution in [2.75, 3.05) is 7.11 Å². The lowest BCUT2D eigenvalue weighted by Crippen LogP contribution is -2.01. The number of rotatable bonds is 2. The van der Waals surface area contributed by atoms with Crippen molar-refractivity contribution < 1.29 is 4.74 Å². The van der Waals surface area contributed by atoms with Gasteiger partial charge >= 0.3 is 0 Å². The average molecular weight is 190 g/mol. The Labute approximate surface area is 86.1 Å². The van der Waals surface area contributed by atoms with Crippen LogP contribution in [0.5, 0.6) is 5.75 Å². The molecule has 14 heavy (non-hydrogen) atoms. The zero-order valence-electron chi connectivity index (χ0n) is 8.99. The normalized spacial score (nSPS) is 26.4. The molecule has 1 fully saturated rings. The minimum Gasteiger partial charge on any atom is -0.497 e. The lowest BCUT2D eigenvalue weighted by molar-refractivity contribution is 0.413. The highest BCUT2D eigenvalue weighted by Crippen LogP contribution is 2.39. The van der Waals surface area contributed by atoms with E-state index in [9.17, 15) is 0 Å². The van der Waals surface area contributed by atoms with Crippen LogP contribution < -0.4 is 4.74 Å². The number of hydrogen-bond donors (Lipinski definition) is 0. The van der Waals surface area contributed by atoms with Gasteiger partial charge in [0.15, 0.2) is 0 Å². The summed E-state index contributed by atoms with van der Waals surface area (Å²) in [6.07, 6.45) is 4.10. The van der Waals surface area contributed by atoms with Gasteiger partial charge in [0.25, 0.3) is 0 Å². The monoisotopic (exact) mass is 190 g/mol. The van der Waals surface area contributed by atoms with E-state index in [0.29, 0.717) is 0 Å². The molecule has 1 aromatic rings. The van der Waals surface area contributed by atoms with Gasteiger partial charge in [0.05, 0.1) is 7.11 Å². The standard InChI is InChI=1S/C13H18O/c1-10-5-3-8-13(10)11-6-4-7-12(9-11)14-2/h4,6-7,9-10,13H,3,5,8H2,1-2H3/t10-,13-/m0/s1. The Morgan fingerprint density at radius 3 is 2.79 bits per heavy atom. The largest absolute Gasteiger partial charge is 0.497 e. The first-order valence-electron chi connectivity index (χ1n) is 5.45. The molecule has 0 aliphatic heterocycles. The molecule has 0 amide bonds.